The summed E-state index contributed by atoms with van der Waals surface area (Å²) in [6.45, 7) is 4.11. The quantitative estimate of drug-likeness (QED) is 0.0397. The molecule has 0 aromatic rings. The summed E-state index contributed by atoms with van der Waals surface area (Å²) in [6.07, 6.45) is 42.0. The third-order valence-electron chi connectivity index (χ3n) is 9.62. The molecule has 3 atom stereocenters. The molecule has 0 saturated carbocycles. The number of unbranched alkanes of at least 4 members (excludes halogenated alkanes) is 27. The highest BCUT2D eigenvalue weighted by molar-refractivity contribution is 5.76. The van der Waals surface area contributed by atoms with Crippen molar-refractivity contribution < 1.29 is 20.1 Å². The molecule has 0 aliphatic carbocycles. The lowest BCUT2D eigenvalue weighted by molar-refractivity contribution is -0.124. The Hall–Kier alpha value is -0.910. The molecule has 0 bridgehead atoms. The van der Waals surface area contributed by atoms with E-state index in [1.807, 2.05) is 0 Å². The summed E-state index contributed by atoms with van der Waals surface area (Å²) in [7, 11) is 0. The molecule has 274 valence electrons. The molecule has 3 unspecified atom stereocenters. The standard InChI is InChI=1S/C41H81NO4/c1-3-5-7-9-11-13-14-15-16-17-18-19-20-21-22-23-24-25-26-27-28-30-32-34-36-40(45)42-38(37-43)41(46)39(44)35-33-31-29-12-10-8-6-4-2/h12,29,38-39,41,43-44,46H,3-11,13-28,30-37H2,1-2H3,(H,42,45)/b29-12+. The summed E-state index contributed by atoms with van der Waals surface area (Å²) in [6, 6.07) is -0.818. The van der Waals surface area contributed by atoms with Gasteiger partial charge in [-0.25, -0.2) is 0 Å². The highest BCUT2D eigenvalue weighted by Gasteiger charge is 2.26. The molecule has 0 aliphatic rings. The van der Waals surface area contributed by atoms with Gasteiger partial charge < -0.3 is 20.6 Å². The van der Waals surface area contributed by atoms with Crippen LogP contribution >= 0.6 is 0 Å². The zero-order chi connectivity index (χ0) is 33.8. The Morgan fingerprint density at radius 1 is 0.522 bits per heavy atom. The van der Waals surface area contributed by atoms with E-state index in [4.69, 9.17) is 0 Å². The minimum atomic E-state index is -1.15. The smallest absolute Gasteiger partial charge is 0.220 e. The van der Waals surface area contributed by atoms with Crippen molar-refractivity contribution in [2.75, 3.05) is 6.61 Å². The Morgan fingerprint density at radius 2 is 0.870 bits per heavy atom. The molecule has 0 aromatic heterocycles. The van der Waals surface area contributed by atoms with Crippen molar-refractivity contribution in [2.24, 2.45) is 0 Å². The van der Waals surface area contributed by atoms with Crippen LogP contribution in [0.25, 0.3) is 0 Å². The fraction of sp³-hybridized carbons (Fsp3) is 0.927. The number of hydrogen-bond acceptors (Lipinski definition) is 4. The molecule has 0 aromatic carbocycles. The van der Waals surface area contributed by atoms with Gasteiger partial charge in [-0.05, 0) is 38.5 Å². The van der Waals surface area contributed by atoms with E-state index < -0.39 is 18.2 Å². The minimum Gasteiger partial charge on any atom is -0.394 e. The fourth-order valence-electron chi connectivity index (χ4n) is 6.40. The summed E-state index contributed by atoms with van der Waals surface area (Å²) < 4.78 is 0. The molecule has 0 heterocycles. The number of nitrogens with one attached hydrogen (secondary N) is 1. The Bertz CT molecular complexity index is 640. The minimum absolute atomic E-state index is 0.154. The first-order valence-corrected chi connectivity index (χ1v) is 20.5. The second kappa shape index (κ2) is 36.9. The van der Waals surface area contributed by atoms with Crippen LogP contribution in [0.2, 0.25) is 0 Å². The van der Waals surface area contributed by atoms with Crippen molar-refractivity contribution in [1.82, 2.24) is 5.32 Å². The van der Waals surface area contributed by atoms with Crippen molar-refractivity contribution >= 4 is 5.91 Å². The third kappa shape index (κ3) is 31.7. The van der Waals surface area contributed by atoms with E-state index >= 15 is 0 Å². The normalized spacial score (nSPS) is 13.8. The van der Waals surface area contributed by atoms with Crippen LogP contribution in [0.5, 0.6) is 0 Å². The van der Waals surface area contributed by atoms with Gasteiger partial charge in [0.05, 0.1) is 18.8 Å². The topological polar surface area (TPSA) is 89.8 Å². The number of carbonyl (C=O) groups excluding carboxylic acids is 1. The van der Waals surface area contributed by atoms with Gasteiger partial charge in [-0.1, -0.05) is 187 Å². The average Bonchev–Trinajstić information content (AvgIpc) is 3.06. The van der Waals surface area contributed by atoms with Crippen LogP contribution in [0.3, 0.4) is 0 Å². The van der Waals surface area contributed by atoms with Crippen LogP contribution in [0, 0.1) is 0 Å². The van der Waals surface area contributed by atoms with Crippen molar-refractivity contribution in [3.05, 3.63) is 12.2 Å². The number of aliphatic hydroxyl groups is 3. The van der Waals surface area contributed by atoms with Crippen molar-refractivity contribution in [3.8, 4) is 0 Å². The molecule has 0 aliphatic heterocycles. The highest BCUT2D eigenvalue weighted by atomic mass is 16.3. The van der Waals surface area contributed by atoms with Crippen molar-refractivity contribution in [3.63, 3.8) is 0 Å². The summed E-state index contributed by atoms with van der Waals surface area (Å²) in [5.74, 6) is -0.154. The molecule has 0 rings (SSSR count). The zero-order valence-electron chi connectivity index (χ0n) is 31.0. The number of allylic oxidation sites excluding steroid dienone is 2. The zero-order valence-corrected chi connectivity index (χ0v) is 31.0. The Kier molecular flexibility index (Phi) is 36.2. The predicted molar refractivity (Wildman–Crippen MR) is 199 cm³/mol. The van der Waals surface area contributed by atoms with Gasteiger partial charge in [-0.3, -0.25) is 4.79 Å². The van der Waals surface area contributed by atoms with Gasteiger partial charge in [-0.2, -0.15) is 0 Å². The SMILES string of the molecule is CCCCC/C=C/CCCC(O)C(O)C(CO)NC(=O)CCCCCCCCCCCCCCCCCCCCCCCCCC. The summed E-state index contributed by atoms with van der Waals surface area (Å²) in [5, 5.41) is 33.2. The number of amides is 1. The number of aliphatic hydroxyl groups excluding tert-OH is 3. The molecule has 0 fully saturated rings. The molecule has 46 heavy (non-hydrogen) atoms. The second-order valence-electron chi connectivity index (χ2n) is 14.2. The third-order valence-corrected chi connectivity index (χ3v) is 9.62. The lowest BCUT2D eigenvalue weighted by atomic mass is 10.0. The number of hydrogen-bond donors (Lipinski definition) is 4. The average molecular weight is 652 g/mol. The lowest BCUT2D eigenvalue weighted by Crippen LogP contribution is -2.50. The number of rotatable bonds is 37. The highest BCUT2D eigenvalue weighted by Crippen LogP contribution is 2.16. The monoisotopic (exact) mass is 652 g/mol. The van der Waals surface area contributed by atoms with Crippen molar-refractivity contribution in [2.45, 2.75) is 238 Å². The first-order valence-electron chi connectivity index (χ1n) is 20.5. The van der Waals surface area contributed by atoms with E-state index in [9.17, 15) is 20.1 Å². The van der Waals surface area contributed by atoms with Crippen LogP contribution in [0.4, 0.5) is 0 Å². The molecule has 0 spiro atoms. The predicted octanol–water partition coefficient (Wildman–Crippen LogP) is 11.3. The van der Waals surface area contributed by atoms with Crippen LogP contribution < -0.4 is 5.32 Å². The van der Waals surface area contributed by atoms with Crippen molar-refractivity contribution in [1.29, 1.82) is 0 Å². The van der Waals surface area contributed by atoms with E-state index in [-0.39, 0.29) is 12.5 Å². The maximum Gasteiger partial charge on any atom is 0.220 e. The Morgan fingerprint density at radius 3 is 1.26 bits per heavy atom. The molecule has 5 heteroatoms. The van der Waals surface area contributed by atoms with Gasteiger partial charge in [0.2, 0.25) is 5.91 Å². The molecule has 0 saturated heterocycles. The van der Waals surface area contributed by atoms with Crippen LogP contribution in [-0.2, 0) is 4.79 Å². The molecular formula is C41H81NO4. The van der Waals surface area contributed by atoms with Gasteiger partial charge in [0.25, 0.3) is 0 Å². The van der Waals surface area contributed by atoms with E-state index in [2.05, 4.69) is 31.3 Å². The Balaban J connectivity index is 3.51. The van der Waals surface area contributed by atoms with E-state index in [1.165, 1.54) is 154 Å². The summed E-state index contributed by atoms with van der Waals surface area (Å²) in [5.41, 5.74) is 0. The molecular weight excluding hydrogens is 570 g/mol. The lowest BCUT2D eigenvalue weighted by Gasteiger charge is -2.26. The largest absolute Gasteiger partial charge is 0.394 e. The first-order chi connectivity index (χ1) is 22.6. The molecule has 4 N–H and O–H groups in total. The van der Waals surface area contributed by atoms with Gasteiger partial charge in [0, 0.05) is 6.42 Å². The molecule has 1 amide bonds. The van der Waals surface area contributed by atoms with Crippen LogP contribution in [0.1, 0.15) is 219 Å². The maximum atomic E-state index is 12.3. The Labute approximate surface area is 287 Å². The van der Waals surface area contributed by atoms with Crippen LogP contribution in [0.15, 0.2) is 12.2 Å². The first kappa shape index (κ1) is 45.1. The van der Waals surface area contributed by atoms with Gasteiger partial charge in [0.15, 0.2) is 0 Å². The molecule has 0 radical (unpaired) electrons. The second-order valence-corrected chi connectivity index (χ2v) is 14.2. The molecule has 5 nitrogen and oxygen atoms in total. The van der Waals surface area contributed by atoms with Gasteiger partial charge >= 0.3 is 0 Å². The van der Waals surface area contributed by atoms with Crippen LogP contribution in [-0.4, -0.2) is 46.1 Å². The summed E-state index contributed by atoms with van der Waals surface area (Å²) >= 11 is 0. The van der Waals surface area contributed by atoms with Gasteiger partial charge in [0.1, 0.15) is 6.10 Å². The van der Waals surface area contributed by atoms with E-state index in [0.29, 0.717) is 12.8 Å². The maximum absolute atomic E-state index is 12.3. The van der Waals surface area contributed by atoms with E-state index in [1.54, 1.807) is 0 Å². The summed E-state index contributed by atoms with van der Waals surface area (Å²) in [4.78, 5) is 12.3. The fourth-order valence-corrected chi connectivity index (χ4v) is 6.40. The van der Waals surface area contributed by atoms with Gasteiger partial charge in [-0.15, -0.1) is 0 Å². The number of carbonyl (C=O) groups is 1. The van der Waals surface area contributed by atoms with E-state index in [0.717, 1.165) is 38.5 Å².